The van der Waals surface area contributed by atoms with Crippen molar-refractivity contribution in [3.63, 3.8) is 0 Å². The molecule has 29 heavy (non-hydrogen) atoms. The number of H-pyrrole nitrogens is 1. The molecule has 0 unspecified atom stereocenters. The van der Waals surface area contributed by atoms with Gasteiger partial charge in [-0.3, -0.25) is 5.10 Å². The first kappa shape index (κ1) is 18.9. The number of hydrogen-bond acceptors (Lipinski definition) is 5. The Bertz CT molecular complexity index is 1100. The summed E-state index contributed by atoms with van der Waals surface area (Å²) in [4.78, 5) is 13.9. The Morgan fingerprint density at radius 3 is 2.48 bits per heavy atom. The van der Waals surface area contributed by atoms with Gasteiger partial charge in [0.1, 0.15) is 12.1 Å². The van der Waals surface area contributed by atoms with Gasteiger partial charge in [-0.05, 0) is 42.3 Å². The third-order valence-corrected chi connectivity index (χ3v) is 5.39. The lowest BCUT2D eigenvalue weighted by atomic mass is 10.1. The van der Waals surface area contributed by atoms with Crippen LogP contribution >= 0.6 is 0 Å². The van der Waals surface area contributed by atoms with Crippen LogP contribution in [0.3, 0.4) is 0 Å². The summed E-state index contributed by atoms with van der Waals surface area (Å²) in [6.07, 6.45) is 5.42. The zero-order valence-corrected chi connectivity index (χ0v) is 15.8. The molecule has 0 aliphatic carbocycles. The van der Waals surface area contributed by atoms with Crippen LogP contribution in [0, 0.1) is 6.92 Å². The summed E-state index contributed by atoms with van der Waals surface area (Å²) in [7, 11) is 0. The molecule has 0 radical (unpaired) electrons. The Hall–Kier alpha value is -3.41. The number of aromatic amines is 1. The van der Waals surface area contributed by atoms with E-state index in [9.17, 15) is 0 Å². The van der Waals surface area contributed by atoms with Crippen molar-refractivity contribution in [3.05, 3.63) is 66.7 Å². The van der Waals surface area contributed by atoms with E-state index in [4.69, 9.17) is 0 Å². The average Bonchev–Trinajstić information content (AvgIpc) is 3.28. The van der Waals surface area contributed by atoms with Crippen molar-refractivity contribution in [1.82, 2.24) is 20.2 Å². The van der Waals surface area contributed by atoms with Gasteiger partial charge >= 0.3 is 0 Å². The Labute approximate surface area is 171 Å². The largest absolute Gasteiger partial charge is 0.368 e. The molecule has 2 aromatic heterocycles. The molecule has 1 aliphatic rings. The predicted molar refractivity (Wildman–Crippen MR) is 119 cm³/mol. The topological polar surface area (TPSA) is 60.9 Å². The van der Waals surface area contributed by atoms with E-state index < -0.39 is 0 Å². The highest BCUT2D eigenvalue weighted by molar-refractivity contribution is 5.92. The molecular formula is C23H26N6. The van der Waals surface area contributed by atoms with Crippen LogP contribution in [0.2, 0.25) is 0 Å². The SMILES string of the molecule is C.Cc1cccc(N2CCN(c3ncnc4ccc(-c5cn[nH]c5)cc34)CC2)c1. The molecule has 0 bridgehead atoms. The number of anilines is 2. The van der Waals surface area contributed by atoms with Crippen LogP contribution in [-0.4, -0.2) is 46.3 Å². The molecule has 148 valence electrons. The van der Waals surface area contributed by atoms with E-state index in [2.05, 4.69) is 79.4 Å². The number of rotatable bonds is 3. The molecule has 1 saturated heterocycles. The van der Waals surface area contributed by atoms with E-state index in [1.54, 1.807) is 6.33 Å². The van der Waals surface area contributed by atoms with Crippen molar-refractivity contribution in [3.8, 4) is 11.1 Å². The zero-order chi connectivity index (χ0) is 18.9. The molecule has 1 N–H and O–H groups in total. The van der Waals surface area contributed by atoms with E-state index in [1.165, 1.54) is 11.3 Å². The molecule has 1 aliphatic heterocycles. The summed E-state index contributed by atoms with van der Waals surface area (Å²) in [5, 5.41) is 8.03. The maximum absolute atomic E-state index is 4.64. The summed E-state index contributed by atoms with van der Waals surface area (Å²) in [6.45, 7) is 5.99. The summed E-state index contributed by atoms with van der Waals surface area (Å²) in [6, 6.07) is 15.0. The summed E-state index contributed by atoms with van der Waals surface area (Å²) in [5.74, 6) is 1.01. The first-order chi connectivity index (χ1) is 13.8. The number of nitrogens with one attached hydrogen (secondary N) is 1. The Kier molecular flexibility index (Phi) is 5.16. The highest BCUT2D eigenvalue weighted by atomic mass is 15.3. The summed E-state index contributed by atoms with van der Waals surface area (Å²) in [5.41, 5.74) is 5.76. The molecule has 6 nitrogen and oxygen atoms in total. The van der Waals surface area contributed by atoms with Gasteiger partial charge in [-0.2, -0.15) is 5.10 Å². The third-order valence-electron chi connectivity index (χ3n) is 5.39. The molecule has 0 spiro atoms. The molecule has 4 aromatic rings. The van der Waals surface area contributed by atoms with Crippen LogP contribution in [0.15, 0.2) is 61.2 Å². The third kappa shape index (κ3) is 3.66. The van der Waals surface area contributed by atoms with Crippen molar-refractivity contribution in [2.45, 2.75) is 14.4 Å². The molecule has 0 atom stereocenters. The monoisotopic (exact) mass is 386 g/mol. The van der Waals surface area contributed by atoms with E-state index in [1.807, 2.05) is 12.4 Å². The standard InChI is InChI=1S/C22H22N6.CH4/c1-16-3-2-4-19(11-16)27-7-9-28(10-8-27)22-20-12-17(18-13-25-26-14-18)5-6-21(20)23-15-24-22;/h2-6,11-15H,7-10H2,1H3,(H,25,26);1H4. The van der Waals surface area contributed by atoms with E-state index in [-0.39, 0.29) is 7.43 Å². The number of piperazine rings is 1. The Morgan fingerprint density at radius 1 is 0.897 bits per heavy atom. The number of hydrogen-bond donors (Lipinski definition) is 1. The maximum Gasteiger partial charge on any atom is 0.140 e. The van der Waals surface area contributed by atoms with Crippen LogP contribution in [0.4, 0.5) is 11.5 Å². The Balaban J connectivity index is 0.00000205. The molecule has 1 fully saturated rings. The van der Waals surface area contributed by atoms with Crippen LogP contribution in [-0.2, 0) is 0 Å². The fourth-order valence-electron chi connectivity index (χ4n) is 3.88. The van der Waals surface area contributed by atoms with E-state index >= 15 is 0 Å². The van der Waals surface area contributed by atoms with Gasteiger partial charge in [0.2, 0.25) is 0 Å². The minimum atomic E-state index is 0. The van der Waals surface area contributed by atoms with Crippen molar-refractivity contribution < 1.29 is 0 Å². The minimum Gasteiger partial charge on any atom is -0.368 e. The number of nitrogens with zero attached hydrogens (tertiary/aromatic N) is 5. The lowest BCUT2D eigenvalue weighted by Gasteiger charge is -2.37. The van der Waals surface area contributed by atoms with Gasteiger partial charge in [0, 0.05) is 49.0 Å². The molecular weight excluding hydrogens is 360 g/mol. The second kappa shape index (κ2) is 7.91. The molecule has 6 heteroatoms. The number of benzene rings is 2. The number of fused-ring (bicyclic) bond motifs is 1. The summed E-state index contributed by atoms with van der Waals surface area (Å²) < 4.78 is 0. The first-order valence-electron chi connectivity index (χ1n) is 9.58. The first-order valence-corrected chi connectivity index (χ1v) is 9.58. The molecule has 3 heterocycles. The van der Waals surface area contributed by atoms with Crippen molar-refractivity contribution in [2.24, 2.45) is 0 Å². The normalized spacial score (nSPS) is 14.1. The second-order valence-electron chi connectivity index (χ2n) is 7.23. The highest BCUT2D eigenvalue weighted by Crippen LogP contribution is 2.29. The Morgan fingerprint density at radius 2 is 1.72 bits per heavy atom. The molecule has 0 saturated carbocycles. The van der Waals surface area contributed by atoms with Gasteiger partial charge < -0.3 is 9.80 Å². The summed E-state index contributed by atoms with van der Waals surface area (Å²) >= 11 is 0. The minimum absolute atomic E-state index is 0. The van der Waals surface area contributed by atoms with E-state index in [0.717, 1.165) is 54.0 Å². The van der Waals surface area contributed by atoms with Gasteiger partial charge in [-0.15, -0.1) is 0 Å². The number of aromatic nitrogens is 4. The quantitative estimate of drug-likeness (QED) is 0.569. The van der Waals surface area contributed by atoms with Gasteiger partial charge in [0.25, 0.3) is 0 Å². The van der Waals surface area contributed by atoms with Gasteiger partial charge in [-0.1, -0.05) is 25.6 Å². The molecule has 2 aromatic carbocycles. The van der Waals surface area contributed by atoms with Crippen LogP contribution in [0.5, 0.6) is 0 Å². The van der Waals surface area contributed by atoms with Crippen molar-refractivity contribution in [2.75, 3.05) is 36.0 Å². The fraction of sp³-hybridized carbons (Fsp3) is 0.261. The second-order valence-corrected chi connectivity index (χ2v) is 7.23. The smallest absolute Gasteiger partial charge is 0.140 e. The van der Waals surface area contributed by atoms with Crippen LogP contribution in [0.1, 0.15) is 13.0 Å². The lowest BCUT2D eigenvalue weighted by molar-refractivity contribution is 0.649. The predicted octanol–water partition coefficient (Wildman–Crippen LogP) is 4.29. The van der Waals surface area contributed by atoms with Crippen molar-refractivity contribution in [1.29, 1.82) is 0 Å². The highest BCUT2D eigenvalue weighted by Gasteiger charge is 2.20. The zero-order valence-electron chi connectivity index (χ0n) is 15.8. The van der Waals surface area contributed by atoms with Gasteiger partial charge in [0.05, 0.1) is 11.7 Å². The lowest BCUT2D eigenvalue weighted by Crippen LogP contribution is -2.47. The average molecular weight is 387 g/mol. The van der Waals surface area contributed by atoms with Crippen LogP contribution in [0.25, 0.3) is 22.0 Å². The number of aryl methyl sites for hydroxylation is 1. The van der Waals surface area contributed by atoms with Crippen molar-refractivity contribution >= 4 is 22.4 Å². The molecule has 5 rings (SSSR count). The van der Waals surface area contributed by atoms with Crippen LogP contribution < -0.4 is 9.80 Å². The fourth-order valence-corrected chi connectivity index (χ4v) is 3.88. The van der Waals surface area contributed by atoms with E-state index in [0.29, 0.717) is 0 Å². The molecule has 0 amide bonds. The van der Waals surface area contributed by atoms with Gasteiger partial charge in [0.15, 0.2) is 0 Å². The maximum atomic E-state index is 4.64. The van der Waals surface area contributed by atoms with Gasteiger partial charge in [-0.25, -0.2) is 9.97 Å².